The van der Waals surface area contributed by atoms with Gasteiger partial charge in [-0.25, -0.2) is 0 Å². The third-order valence-corrected chi connectivity index (χ3v) is 2.52. The highest BCUT2D eigenvalue weighted by Crippen LogP contribution is 2.22. The van der Waals surface area contributed by atoms with Gasteiger partial charge in [-0.15, -0.1) is 21.5 Å². The van der Waals surface area contributed by atoms with Crippen molar-refractivity contribution in [2.24, 2.45) is 7.05 Å². The van der Waals surface area contributed by atoms with Crippen molar-refractivity contribution in [3.8, 4) is 10.7 Å². The van der Waals surface area contributed by atoms with Gasteiger partial charge in [0.05, 0.1) is 4.88 Å². The molecule has 4 nitrogen and oxygen atoms in total. The molecule has 2 heterocycles. The standard InChI is InChI=1S/C7H8N4S/c1-11-6(9-10-7(11)8)5-3-2-4-12-5/h2-4H,1H3,(H2,8,10). The predicted octanol–water partition coefficient (Wildman–Crippen LogP) is 1.13. The Hall–Kier alpha value is -1.36. The average molecular weight is 180 g/mol. The quantitative estimate of drug-likeness (QED) is 0.715. The lowest BCUT2D eigenvalue weighted by Gasteiger charge is -1.96. The lowest BCUT2D eigenvalue weighted by atomic mass is 10.4. The summed E-state index contributed by atoms with van der Waals surface area (Å²) in [4.78, 5) is 1.08. The molecule has 0 saturated carbocycles. The van der Waals surface area contributed by atoms with Crippen molar-refractivity contribution in [2.45, 2.75) is 0 Å². The highest BCUT2D eigenvalue weighted by molar-refractivity contribution is 7.13. The molecule has 2 N–H and O–H groups in total. The zero-order chi connectivity index (χ0) is 8.55. The molecule has 0 atom stereocenters. The summed E-state index contributed by atoms with van der Waals surface area (Å²) in [6.07, 6.45) is 0. The van der Waals surface area contributed by atoms with Crippen molar-refractivity contribution in [2.75, 3.05) is 5.73 Å². The Morgan fingerprint density at radius 1 is 1.50 bits per heavy atom. The maximum absolute atomic E-state index is 5.54. The SMILES string of the molecule is Cn1c(N)nnc1-c1cccs1. The van der Waals surface area contributed by atoms with Gasteiger partial charge in [-0.1, -0.05) is 6.07 Å². The van der Waals surface area contributed by atoms with Crippen LogP contribution >= 0.6 is 11.3 Å². The van der Waals surface area contributed by atoms with Gasteiger partial charge in [0.15, 0.2) is 5.82 Å². The van der Waals surface area contributed by atoms with Crippen LogP contribution in [0.1, 0.15) is 0 Å². The van der Waals surface area contributed by atoms with Gasteiger partial charge < -0.3 is 5.73 Å². The Labute approximate surface area is 73.7 Å². The molecular formula is C7H8N4S. The minimum atomic E-state index is 0.443. The number of thiophene rings is 1. The maximum Gasteiger partial charge on any atom is 0.222 e. The summed E-state index contributed by atoms with van der Waals surface area (Å²) < 4.78 is 1.77. The third kappa shape index (κ3) is 0.984. The zero-order valence-electron chi connectivity index (χ0n) is 6.56. The number of anilines is 1. The molecule has 2 rings (SSSR count). The highest BCUT2D eigenvalue weighted by atomic mass is 32.1. The Bertz CT molecular complexity index is 376. The number of rotatable bonds is 1. The van der Waals surface area contributed by atoms with Crippen LogP contribution in [-0.4, -0.2) is 14.8 Å². The molecular weight excluding hydrogens is 172 g/mol. The molecule has 0 aliphatic carbocycles. The fraction of sp³-hybridized carbons (Fsp3) is 0.143. The Balaban J connectivity index is 2.55. The van der Waals surface area contributed by atoms with Crippen molar-refractivity contribution in [1.82, 2.24) is 14.8 Å². The highest BCUT2D eigenvalue weighted by Gasteiger charge is 2.07. The topological polar surface area (TPSA) is 56.7 Å². The van der Waals surface area contributed by atoms with Gasteiger partial charge in [0, 0.05) is 7.05 Å². The molecule has 0 spiro atoms. The average Bonchev–Trinajstić information content (AvgIpc) is 2.64. The third-order valence-electron chi connectivity index (χ3n) is 1.65. The number of nitrogen functional groups attached to an aromatic ring is 1. The van der Waals surface area contributed by atoms with Crippen LogP contribution in [0.25, 0.3) is 10.7 Å². The molecule has 0 unspecified atom stereocenters. The first-order chi connectivity index (χ1) is 5.79. The Kier molecular flexibility index (Phi) is 1.58. The molecule has 0 saturated heterocycles. The van der Waals surface area contributed by atoms with E-state index in [0.717, 1.165) is 10.7 Å². The van der Waals surface area contributed by atoms with Crippen LogP contribution in [0.2, 0.25) is 0 Å². The van der Waals surface area contributed by atoms with E-state index in [1.807, 2.05) is 24.6 Å². The van der Waals surface area contributed by atoms with Crippen LogP contribution in [0, 0.1) is 0 Å². The summed E-state index contributed by atoms with van der Waals surface area (Å²) in [5, 5.41) is 9.73. The second kappa shape index (κ2) is 2.60. The number of nitrogens with two attached hydrogens (primary N) is 1. The van der Waals surface area contributed by atoms with E-state index in [4.69, 9.17) is 5.73 Å². The molecule has 5 heteroatoms. The van der Waals surface area contributed by atoms with E-state index in [1.54, 1.807) is 15.9 Å². The smallest absolute Gasteiger partial charge is 0.222 e. The van der Waals surface area contributed by atoms with Crippen LogP contribution in [0.3, 0.4) is 0 Å². The van der Waals surface area contributed by atoms with E-state index in [-0.39, 0.29) is 0 Å². The Morgan fingerprint density at radius 2 is 2.33 bits per heavy atom. The van der Waals surface area contributed by atoms with E-state index in [0.29, 0.717) is 5.95 Å². The molecule has 0 aromatic carbocycles. The fourth-order valence-corrected chi connectivity index (χ4v) is 1.71. The van der Waals surface area contributed by atoms with E-state index < -0.39 is 0 Å². The van der Waals surface area contributed by atoms with E-state index in [9.17, 15) is 0 Å². The number of hydrogen-bond donors (Lipinski definition) is 1. The maximum atomic E-state index is 5.54. The molecule has 0 aliphatic heterocycles. The molecule has 62 valence electrons. The van der Waals surface area contributed by atoms with Crippen LogP contribution in [0.5, 0.6) is 0 Å². The monoisotopic (exact) mass is 180 g/mol. The molecule has 2 aromatic heterocycles. The van der Waals surface area contributed by atoms with E-state index in [2.05, 4.69) is 10.2 Å². The predicted molar refractivity (Wildman–Crippen MR) is 48.7 cm³/mol. The summed E-state index contributed by atoms with van der Waals surface area (Å²) in [6, 6.07) is 3.97. The van der Waals surface area contributed by atoms with Gasteiger partial charge in [-0.05, 0) is 11.4 Å². The van der Waals surface area contributed by atoms with Gasteiger partial charge in [0.1, 0.15) is 0 Å². The van der Waals surface area contributed by atoms with Gasteiger partial charge in [-0.2, -0.15) is 0 Å². The summed E-state index contributed by atoms with van der Waals surface area (Å²) in [5.41, 5.74) is 5.54. The molecule has 0 bridgehead atoms. The van der Waals surface area contributed by atoms with Gasteiger partial charge in [-0.3, -0.25) is 4.57 Å². The fourth-order valence-electron chi connectivity index (χ4n) is 0.962. The van der Waals surface area contributed by atoms with Crippen molar-refractivity contribution >= 4 is 17.3 Å². The zero-order valence-corrected chi connectivity index (χ0v) is 7.38. The lowest BCUT2D eigenvalue weighted by Crippen LogP contribution is -1.97. The van der Waals surface area contributed by atoms with Crippen LogP contribution in [0.15, 0.2) is 17.5 Å². The first-order valence-corrected chi connectivity index (χ1v) is 4.36. The lowest BCUT2D eigenvalue weighted by molar-refractivity contribution is 0.937. The van der Waals surface area contributed by atoms with Gasteiger partial charge in [0.25, 0.3) is 0 Å². The van der Waals surface area contributed by atoms with E-state index in [1.165, 1.54) is 0 Å². The van der Waals surface area contributed by atoms with Gasteiger partial charge in [0.2, 0.25) is 5.95 Å². The largest absolute Gasteiger partial charge is 0.368 e. The summed E-state index contributed by atoms with van der Waals surface area (Å²) in [7, 11) is 1.85. The molecule has 0 amide bonds. The first kappa shape index (κ1) is 7.30. The van der Waals surface area contributed by atoms with Crippen molar-refractivity contribution < 1.29 is 0 Å². The first-order valence-electron chi connectivity index (χ1n) is 3.48. The minimum Gasteiger partial charge on any atom is -0.368 e. The van der Waals surface area contributed by atoms with Crippen LogP contribution < -0.4 is 5.73 Å². The molecule has 0 aliphatic rings. The normalized spacial score (nSPS) is 10.4. The van der Waals surface area contributed by atoms with Crippen LogP contribution in [0.4, 0.5) is 5.95 Å². The second-order valence-electron chi connectivity index (χ2n) is 2.42. The molecule has 12 heavy (non-hydrogen) atoms. The van der Waals surface area contributed by atoms with Crippen LogP contribution in [-0.2, 0) is 7.05 Å². The molecule has 0 radical (unpaired) electrons. The van der Waals surface area contributed by atoms with Crippen molar-refractivity contribution in [3.63, 3.8) is 0 Å². The molecule has 0 fully saturated rings. The second-order valence-corrected chi connectivity index (χ2v) is 3.37. The minimum absolute atomic E-state index is 0.443. The van der Waals surface area contributed by atoms with E-state index >= 15 is 0 Å². The Morgan fingerprint density at radius 3 is 2.83 bits per heavy atom. The summed E-state index contributed by atoms with van der Waals surface area (Å²) in [5.74, 6) is 1.26. The van der Waals surface area contributed by atoms with Crippen molar-refractivity contribution in [1.29, 1.82) is 0 Å². The summed E-state index contributed by atoms with van der Waals surface area (Å²) in [6.45, 7) is 0. The number of nitrogens with zero attached hydrogens (tertiary/aromatic N) is 3. The number of hydrogen-bond acceptors (Lipinski definition) is 4. The summed E-state index contributed by atoms with van der Waals surface area (Å²) >= 11 is 1.62. The molecule has 2 aromatic rings. The number of aromatic nitrogens is 3. The van der Waals surface area contributed by atoms with Gasteiger partial charge >= 0.3 is 0 Å². The van der Waals surface area contributed by atoms with Crippen molar-refractivity contribution in [3.05, 3.63) is 17.5 Å².